The third-order valence-corrected chi connectivity index (χ3v) is 3.83. The highest BCUT2D eigenvalue weighted by molar-refractivity contribution is 7.09. The lowest BCUT2D eigenvalue weighted by Crippen LogP contribution is -2.37. The number of rotatable bonds is 7. The van der Waals surface area contributed by atoms with E-state index < -0.39 is 17.9 Å². The number of halogens is 1. The summed E-state index contributed by atoms with van der Waals surface area (Å²) in [6, 6.07) is 5.85. The summed E-state index contributed by atoms with van der Waals surface area (Å²) in [5.41, 5.74) is -0.00687. The van der Waals surface area contributed by atoms with E-state index in [0.29, 0.717) is 11.4 Å². The third-order valence-electron chi connectivity index (χ3n) is 2.92. The Morgan fingerprint density at radius 1 is 1.43 bits per heavy atom. The van der Waals surface area contributed by atoms with Gasteiger partial charge in [-0.15, -0.1) is 11.3 Å². The van der Waals surface area contributed by atoms with Crippen molar-refractivity contribution < 1.29 is 23.8 Å². The van der Waals surface area contributed by atoms with Crippen LogP contribution in [0.2, 0.25) is 0 Å². The van der Waals surface area contributed by atoms with Crippen molar-refractivity contribution in [3.63, 3.8) is 0 Å². The zero-order valence-corrected chi connectivity index (χ0v) is 13.1. The van der Waals surface area contributed by atoms with E-state index in [4.69, 9.17) is 9.84 Å². The predicted octanol–water partition coefficient (Wildman–Crippen LogP) is 2.11. The molecule has 0 bridgehead atoms. The standard InChI is InChI=1S/C15H15FN2O4S/c1-9(22-12-5-3-2-4-10(12)16)14(19)17-7-6-13-18-11(8-23-13)15(20)21/h2-5,8-9H,6-7H2,1H3,(H,17,19)(H,20,21). The SMILES string of the molecule is CC(Oc1ccccc1F)C(=O)NCCc1nc(C(=O)O)cs1. The Bertz CT molecular complexity index is 704. The van der Waals surface area contributed by atoms with Gasteiger partial charge >= 0.3 is 5.97 Å². The first kappa shape index (κ1) is 16.9. The van der Waals surface area contributed by atoms with E-state index in [9.17, 15) is 14.0 Å². The van der Waals surface area contributed by atoms with E-state index in [0.717, 1.165) is 0 Å². The molecule has 1 atom stereocenters. The lowest BCUT2D eigenvalue weighted by molar-refractivity contribution is -0.127. The number of hydrogen-bond acceptors (Lipinski definition) is 5. The number of para-hydroxylation sites is 1. The number of nitrogens with one attached hydrogen (secondary N) is 1. The number of ether oxygens (including phenoxy) is 1. The van der Waals surface area contributed by atoms with Crippen LogP contribution in [0.5, 0.6) is 5.75 Å². The van der Waals surface area contributed by atoms with Crippen molar-refractivity contribution in [2.24, 2.45) is 0 Å². The minimum atomic E-state index is -1.08. The zero-order valence-electron chi connectivity index (χ0n) is 12.3. The van der Waals surface area contributed by atoms with Crippen LogP contribution in [0.15, 0.2) is 29.6 Å². The molecule has 1 aromatic carbocycles. The first-order chi connectivity index (χ1) is 11.0. The Hall–Kier alpha value is -2.48. The number of thiazole rings is 1. The van der Waals surface area contributed by atoms with Gasteiger partial charge in [0.15, 0.2) is 23.4 Å². The van der Waals surface area contributed by atoms with Crippen LogP contribution in [0.1, 0.15) is 22.4 Å². The van der Waals surface area contributed by atoms with Gasteiger partial charge in [-0.1, -0.05) is 12.1 Å². The fraction of sp³-hybridized carbons (Fsp3) is 0.267. The molecule has 122 valence electrons. The molecule has 1 amide bonds. The van der Waals surface area contributed by atoms with Gasteiger partial charge in [0.25, 0.3) is 5.91 Å². The molecule has 0 saturated heterocycles. The molecule has 2 rings (SSSR count). The molecule has 0 aliphatic rings. The topological polar surface area (TPSA) is 88.5 Å². The molecule has 8 heteroatoms. The fourth-order valence-corrected chi connectivity index (χ4v) is 2.52. The van der Waals surface area contributed by atoms with Gasteiger partial charge in [-0.3, -0.25) is 4.79 Å². The average Bonchev–Trinajstić information content (AvgIpc) is 2.98. The van der Waals surface area contributed by atoms with Crippen molar-refractivity contribution in [3.05, 3.63) is 46.2 Å². The molecule has 2 aromatic rings. The van der Waals surface area contributed by atoms with Gasteiger partial charge in [-0.05, 0) is 19.1 Å². The van der Waals surface area contributed by atoms with Crippen LogP contribution in [-0.2, 0) is 11.2 Å². The molecule has 0 fully saturated rings. The third kappa shape index (κ3) is 4.75. The molecule has 0 aliphatic heterocycles. The smallest absolute Gasteiger partial charge is 0.355 e. The summed E-state index contributed by atoms with van der Waals surface area (Å²) < 4.78 is 18.7. The molecule has 1 unspecified atom stereocenters. The number of aromatic nitrogens is 1. The number of carbonyl (C=O) groups is 2. The second-order valence-corrected chi connectivity index (χ2v) is 5.61. The summed E-state index contributed by atoms with van der Waals surface area (Å²) >= 11 is 1.22. The van der Waals surface area contributed by atoms with E-state index in [1.807, 2.05) is 0 Å². The number of benzene rings is 1. The van der Waals surface area contributed by atoms with Crippen molar-refractivity contribution in [1.82, 2.24) is 10.3 Å². The molecule has 6 nitrogen and oxygen atoms in total. The highest BCUT2D eigenvalue weighted by Gasteiger charge is 2.16. The van der Waals surface area contributed by atoms with Crippen LogP contribution < -0.4 is 10.1 Å². The van der Waals surface area contributed by atoms with Crippen molar-refractivity contribution in [2.45, 2.75) is 19.4 Å². The molecule has 23 heavy (non-hydrogen) atoms. The molecule has 0 spiro atoms. The first-order valence-electron chi connectivity index (χ1n) is 6.84. The van der Waals surface area contributed by atoms with Crippen LogP contribution in [0, 0.1) is 5.82 Å². The van der Waals surface area contributed by atoms with Crippen molar-refractivity contribution in [1.29, 1.82) is 0 Å². The Balaban J connectivity index is 1.79. The number of carboxylic acids is 1. The summed E-state index contributed by atoms with van der Waals surface area (Å²) in [6.45, 7) is 1.81. The van der Waals surface area contributed by atoms with Gasteiger partial charge in [-0.25, -0.2) is 14.2 Å². The second kappa shape index (κ2) is 7.68. The lowest BCUT2D eigenvalue weighted by atomic mass is 10.3. The van der Waals surface area contributed by atoms with E-state index >= 15 is 0 Å². The largest absolute Gasteiger partial charge is 0.478 e. The number of hydrogen-bond donors (Lipinski definition) is 2. The number of aromatic carboxylic acids is 1. The van der Waals surface area contributed by atoms with E-state index in [2.05, 4.69) is 10.3 Å². The highest BCUT2D eigenvalue weighted by atomic mass is 32.1. The summed E-state index contributed by atoms with van der Waals surface area (Å²) in [6.07, 6.45) is -0.436. The van der Waals surface area contributed by atoms with Gasteiger partial charge in [-0.2, -0.15) is 0 Å². The molecule has 0 aliphatic carbocycles. The number of nitrogens with zero attached hydrogens (tertiary/aromatic N) is 1. The van der Waals surface area contributed by atoms with Crippen LogP contribution >= 0.6 is 11.3 Å². The molecular formula is C15H15FN2O4S. The van der Waals surface area contributed by atoms with E-state index in [-0.39, 0.29) is 23.9 Å². The van der Waals surface area contributed by atoms with Gasteiger partial charge in [0.2, 0.25) is 0 Å². The predicted molar refractivity (Wildman–Crippen MR) is 82.3 cm³/mol. The lowest BCUT2D eigenvalue weighted by Gasteiger charge is -2.14. The summed E-state index contributed by atoms with van der Waals surface area (Å²) in [5, 5.41) is 13.5. The minimum Gasteiger partial charge on any atom is -0.478 e. The molecule has 1 heterocycles. The van der Waals surface area contributed by atoms with Crippen molar-refractivity contribution in [3.8, 4) is 5.75 Å². The maximum absolute atomic E-state index is 13.4. The Labute approximate surface area is 135 Å². The Morgan fingerprint density at radius 3 is 2.83 bits per heavy atom. The quantitative estimate of drug-likeness (QED) is 0.807. The van der Waals surface area contributed by atoms with E-state index in [1.54, 1.807) is 6.07 Å². The molecular weight excluding hydrogens is 323 g/mol. The average molecular weight is 338 g/mol. The second-order valence-electron chi connectivity index (χ2n) is 4.66. The maximum Gasteiger partial charge on any atom is 0.355 e. The summed E-state index contributed by atoms with van der Waals surface area (Å²) in [4.78, 5) is 26.5. The highest BCUT2D eigenvalue weighted by Crippen LogP contribution is 2.17. The minimum absolute atomic E-state index is 0.00687. The van der Waals surface area contributed by atoms with Gasteiger partial charge in [0, 0.05) is 18.3 Å². The Kier molecular flexibility index (Phi) is 5.64. The van der Waals surface area contributed by atoms with Crippen LogP contribution in [0.25, 0.3) is 0 Å². The van der Waals surface area contributed by atoms with Crippen molar-refractivity contribution >= 4 is 23.2 Å². The maximum atomic E-state index is 13.4. The molecule has 2 N–H and O–H groups in total. The zero-order chi connectivity index (χ0) is 16.8. The van der Waals surface area contributed by atoms with Gasteiger partial charge < -0.3 is 15.2 Å². The fourth-order valence-electron chi connectivity index (χ4n) is 1.74. The van der Waals surface area contributed by atoms with Crippen LogP contribution in [-0.4, -0.2) is 34.6 Å². The summed E-state index contributed by atoms with van der Waals surface area (Å²) in [5.74, 6) is -1.98. The molecule has 1 aromatic heterocycles. The monoisotopic (exact) mass is 338 g/mol. The van der Waals surface area contributed by atoms with Gasteiger partial charge in [0.05, 0.1) is 5.01 Å². The summed E-state index contributed by atoms with van der Waals surface area (Å²) in [7, 11) is 0. The van der Waals surface area contributed by atoms with E-state index in [1.165, 1.54) is 41.8 Å². The van der Waals surface area contributed by atoms with Crippen LogP contribution in [0.4, 0.5) is 4.39 Å². The molecule has 0 saturated carbocycles. The number of carbonyl (C=O) groups excluding carboxylic acids is 1. The van der Waals surface area contributed by atoms with Crippen LogP contribution in [0.3, 0.4) is 0 Å². The van der Waals surface area contributed by atoms with Gasteiger partial charge in [0.1, 0.15) is 0 Å². The number of carboxylic acid groups (broad SMARTS) is 1. The molecule has 0 radical (unpaired) electrons. The number of amides is 1. The normalized spacial score (nSPS) is 11.7. The first-order valence-corrected chi connectivity index (χ1v) is 7.72. The Morgan fingerprint density at radius 2 is 2.17 bits per heavy atom. The van der Waals surface area contributed by atoms with Crippen molar-refractivity contribution in [2.75, 3.05) is 6.54 Å².